The average molecular weight is 246 g/mol. The predicted molar refractivity (Wildman–Crippen MR) is 56.2 cm³/mol. The molecule has 1 nitrogen and oxygen atoms in total. The van der Waals surface area contributed by atoms with Gasteiger partial charge >= 0.3 is 0 Å². The van der Waals surface area contributed by atoms with E-state index < -0.39 is 0 Å². The molecule has 0 heterocycles. The van der Waals surface area contributed by atoms with Gasteiger partial charge < -0.3 is 5.73 Å². The van der Waals surface area contributed by atoms with Gasteiger partial charge in [-0.25, -0.2) is 4.39 Å². The van der Waals surface area contributed by atoms with Crippen LogP contribution < -0.4 is 5.73 Å². The second-order valence-electron chi connectivity index (χ2n) is 3.72. The zero-order valence-electron chi connectivity index (χ0n) is 7.77. The van der Waals surface area contributed by atoms with Gasteiger partial charge in [-0.15, -0.1) is 0 Å². The Labute approximate surface area is 86.3 Å². The quantitative estimate of drug-likeness (QED) is 0.853. The molecule has 1 aromatic rings. The smallest absolute Gasteiger partial charge is 0.137 e. The van der Waals surface area contributed by atoms with Crippen LogP contribution in [-0.2, 0) is 5.41 Å². The third kappa shape index (κ3) is 2.29. The van der Waals surface area contributed by atoms with E-state index in [9.17, 15) is 4.39 Å². The zero-order chi connectivity index (χ0) is 10.1. The topological polar surface area (TPSA) is 26.0 Å². The van der Waals surface area contributed by atoms with Crippen molar-refractivity contribution in [2.24, 2.45) is 5.73 Å². The number of benzene rings is 1. The highest BCUT2D eigenvalue weighted by atomic mass is 79.9. The number of halogens is 2. The molecule has 0 radical (unpaired) electrons. The highest BCUT2D eigenvalue weighted by molar-refractivity contribution is 9.10. The molecule has 0 aromatic heterocycles. The van der Waals surface area contributed by atoms with Gasteiger partial charge in [0.25, 0.3) is 0 Å². The van der Waals surface area contributed by atoms with Crippen molar-refractivity contribution < 1.29 is 4.39 Å². The molecule has 0 atom stereocenters. The van der Waals surface area contributed by atoms with E-state index in [0.29, 0.717) is 11.0 Å². The Morgan fingerprint density at radius 3 is 2.54 bits per heavy atom. The lowest BCUT2D eigenvalue weighted by molar-refractivity contribution is 0.530. The molecule has 1 rings (SSSR count). The predicted octanol–water partition coefficient (Wildman–Crippen LogP) is 2.82. The van der Waals surface area contributed by atoms with Gasteiger partial charge in [0.1, 0.15) is 5.82 Å². The zero-order valence-corrected chi connectivity index (χ0v) is 9.36. The van der Waals surface area contributed by atoms with E-state index in [1.165, 1.54) is 6.07 Å². The van der Waals surface area contributed by atoms with Crippen molar-refractivity contribution in [1.29, 1.82) is 0 Å². The molecule has 0 unspecified atom stereocenters. The van der Waals surface area contributed by atoms with E-state index in [1.807, 2.05) is 19.9 Å². The highest BCUT2D eigenvalue weighted by Gasteiger charge is 2.19. The normalized spacial score (nSPS) is 11.8. The lowest BCUT2D eigenvalue weighted by Gasteiger charge is -2.23. The SMILES string of the molecule is CC(C)(CN)c1ccc(Br)c(F)c1. The number of hydrogen-bond acceptors (Lipinski definition) is 1. The fourth-order valence-electron chi connectivity index (χ4n) is 1.03. The molecule has 72 valence electrons. The summed E-state index contributed by atoms with van der Waals surface area (Å²) in [5.41, 5.74) is 6.35. The molecule has 3 heteroatoms. The first kappa shape index (κ1) is 10.7. The van der Waals surface area contributed by atoms with Crippen LogP contribution in [0, 0.1) is 5.82 Å². The Hall–Kier alpha value is -0.410. The minimum Gasteiger partial charge on any atom is -0.330 e. The minimum atomic E-state index is -0.237. The van der Waals surface area contributed by atoms with Crippen LogP contribution in [0.3, 0.4) is 0 Å². The molecule has 2 N–H and O–H groups in total. The maximum atomic E-state index is 13.2. The average Bonchev–Trinajstić information content (AvgIpc) is 2.09. The first-order valence-electron chi connectivity index (χ1n) is 4.13. The molecular weight excluding hydrogens is 233 g/mol. The summed E-state index contributed by atoms with van der Waals surface area (Å²) in [4.78, 5) is 0. The van der Waals surface area contributed by atoms with Crippen LogP contribution in [-0.4, -0.2) is 6.54 Å². The van der Waals surface area contributed by atoms with Crippen LogP contribution in [0.2, 0.25) is 0 Å². The van der Waals surface area contributed by atoms with Crippen molar-refractivity contribution >= 4 is 15.9 Å². The van der Waals surface area contributed by atoms with Gasteiger partial charge in [-0.3, -0.25) is 0 Å². The summed E-state index contributed by atoms with van der Waals surface area (Å²) in [7, 11) is 0. The molecule has 0 spiro atoms. The van der Waals surface area contributed by atoms with E-state index >= 15 is 0 Å². The summed E-state index contributed by atoms with van der Waals surface area (Å²) >= 11 is 3.11. The van der Waals surface area contributed by atoms with Crippen molar-refractivity contribution in [2.75, 3.05) is 6.54 Å². The molecule has 0 saturated carbocycles. The van der Waals surface area contributed by atoms with Gasteiger partial charge in [0, 0.05) is 12.0 Å². The molecule has 0 aliphatic heterocycles. The molecule has 0 aliphatic carbocycles. The molecule has 0 bridgehead atoms. The summed E-state index contributed by atoms with van der Waals surface area (Å²) in [6.07, 6.45) is 0. The first-order chi connectivity index (χ1) is 5.97. The van der Waals surface area contributed by atoms with Crippen molar-refractivity contribution in [3.8, 4) is 0 Å². The van der Waals surface area contributed by atoms with Crippen molar-refractivity contribution in [3.63, 3.8) is 0 Å². The highest BCUT2D eigenvalue weighted by Crippen LogP contribution is 2.25. The third-order valence-corrected chi connectivity index (χ3v) is 2.85. The number of rotatable bonds is 2. The van der Waals surface area contributed by atoms with Gasteiger partial charge in [0.05, 0.1) is 4.47 Å². The van der Waals surface area contributed by atoms with E-state index in [0.717, 1.165) is 5.56 Å². The monoisotopic (exact) mass is 245 g/mol. The van der Waals surface area contributed by atoms with Gasteiger partial charge in [-0.05, 0) is 33.6 Å². The largest absolute Gasteiger partial charge is 0.330 e. The maximum Gasteiger partial charge on any atom is 0.137 e. The van der Waals surface area contributed by atoms with Gasteiger partial charge in [-0.1, -0.05) is 19.9 Å². The van der Waals surface area contributed by atoms with Crippen LogP contribution in [0.15, 0.2) is 22.7 Å². The Morgan fingerprint density at radius 1 is 1.46 bits per heavy atom. The molecule has 1 aromatic carbocycles. The second kappa shape index (κ2) is 3.76. The van der Waals surface area contributed by atoms with Gasteiger partial charge in [0.15, 0.2) is 0 Å². The Bertz CT molecular complexity index is 310. The molecule has 0 aliphatic rings. The maximum absolute atomic E-state index is 13.2. The molecule has 0 fully saturated rings. The summed E-state index contributed by atoms with van der Waals surface area (Å²) in [5.74, 6) is -0.237. The van der Waals surface area contributed by atoms with Crippen molar-refractivity contribution in [3.05, 3.63) is 34.1 Å². The van der Waals surface area contributed by atoms with E-state index in [-0.39, 0.29) is 11.2 Å². The standard InChI is InChI=1S/C10H13BrFN/c1-10(2,6-13)7-3-4-8(11)9(12)5-7/h3-5H,6,13H2,1-2H3. The fraction of sp³-hybridized carbons (Fsp3) is 0.400. The minimum absolute atomic E-state index is 0.165. The number of nitrogens with two attached hydrogens (primary N) is 1. The Balaban J connectivity index is 3.10. The van der Waals surface area contributed by atoms with Crippen LogP contribution in [0.5, 0.6) is 0 Å². The third-order valence-electron chi connectivity index (χ3n) is 2.21. The Kier molecular flexibility index (Phi) is 3.09. The summed E-state index contributed by atoms with van der Waals surface area (Å²) in [6.45, 7) is 4.50. The molecule has 13 heavy (non-hydrogen) atoms. The second-order valence-corrected chi connectivity index (χ2v) is 4.57. The van der Waals surface area contributed by atoms with E-state index in [4.69, 9.17) is 5.73 Å². The van der Waals surface area contributed by atoms with Gasteiger partial charge in [-0.2, -0.15) is 0 Å². The summed E-state index contributed by atoms with van der Waals surface area (Å²) < 4.78 is 13.6. The van der Waals surface area contributed by atoms with Crippen LogP contribution in [0.25, 0.3) is 0 Å². The molecule has 0 saturated heterocycles. The van der Waals surface area contributed by atoms with Crippen LogP contribution in [0.1, 0.15) is 19.4 Å². The van der Waals surface area contributed by atoms with Crippen molar-refractivity contribution in [1.82, 2.24) is 0 Å². The van der Waals surface area contributed by atoms with Crippen LogP contribution in [0.4, 0.5) is 4.39 Å². The summed E-state index contributed by atoms with van der Waals surface area (Å²) in [6, 6.07) is 5.12. The lowest BCUT2D eigenvalue weighted by atomic mass is 9.85. The molecular formula is C10H13BrFN. The van der Waals surface area contributed by atoms with E-state index in [1.54, 1.807) is 6.07 Å². The molecule has 0 amide bonds. The van der Waals surface area contributed by atoms with Crippen molar-refractivity contribution in [2.45, 2.75) is 19.3 Å². The van der Waals surface area contributed by atoms with Gasteiger partial charge in [0.2, 0.25) is 0 Å². The lowest BCUT2D eigenvalue weighted by Crippen LogP contribution is -2.28. The number of hydrogen-bond donors (Lipinski definition) is 1. The summed E-state index contributed by atoms with van der Waals surface area (Å²) in [5, 5.41) is 0. The van der Waals surface area contributed by atoms with Crippen LogP contribution >= 0.6 is 15.9 Å². The fourth-order valence-corrected chi connectivity index (χ4v) is 1.28. The first-order valence-corrected chi connectivity index (χ1v) is 4.92. The Morgan fingerprint density at radius 2 is 2.08 bits per heavy atom. The van der Waals surface area contributed by atoms with E-state index in [2.05, 4.69) is 15.9 Å².